The fraction of sp³-hybridized carbons (Fsp3) is 0.308. The molecule has 2 heteroatoms. The molecule has 0 radical (unpaired) electrons. The van der Waals surface area contributed by atoms with Gasteiger partial charge in [0, 0.05) is 6.42 Å². The fourth-order valence-electron chi connectivity index (χ4n) is 1.34. The molecule has 0 unspecified atom stereocenters. The average molecular weight is 204 g/mol. The van der Waals surface area contributed by atoms with E-state index >= 15 is 0 Å². The molecule has 0 bridgehead atoms. The summed E-state index contributed by atoms with van der Waals surface area (Å²) in [6.07, 6.45) is 2.74. The van der Waals surface area contributed by atoms with Crippen molar-refractivity contribution >= 4 is 5.97 Å². The molecule has 0 amide bonds. The molecule has 0 saturated heterocycles. The number of benzene rings is 1. The molecule has 0 N–H and O–H groups in total. The van der Waals surface area contributed by atoms with Crippen LogP contribution in [0.25, 0.3) is 0 Å². The van der Waals surface area contributed by atoms with Crippen LogP contribution >= 0.6 is 0 Å². The van der Waals surface area contributed by atoms with Crippen LogP contribution in [0.2, 0.25) is 0 Å². The van der Waals surface area contributed by atoms with Crippen molar-refractivity contribution in [3.8, 4) is 0 Å². The molecule has 0 aliphatic rings. The molecule has 0 aliphatic carbocycles. The first-order valence-electron chi connectivity index (χ1n) is 5.04. The topological polar surface area (TPSA) is 26.3 Å². The fourth-order valence-corrected chi connectivity index (χ4v) is 1.34. The molecule has 0 heterocycles. The molecule has 2 nitrogen and oxygen atoms in total. The second kappa shape index (κ2) is 6.02. The van der Waals surface area contributed by atoms with Crippen molar-refractivity contribution in [2.45, 2.75) is 19.8 Å². The Labute approximate surface area is 90.6 Å². The van der Waals surface area contributed by atoms with Crippen LogP contribution in [-0.4, -0.2) is 12.6 Å². The van der Waals surface area contributed by atoms with Crippen molar-refractivity contribution < 1.29 is 9.53 Å². The van der Waals surface area contributed by atoms with Crippen LogP contribution in [0.3, 0.4) is 0 Å². The van der Waals surface area contributed by atoms with Gasteiger partial charge in [0.05, 0.1) is 0 Å². The normalized spacial score (nSPS) is 9.67. The Hall–Kier alpha value is -1.57. The van der Waals surface area contributed by atoms with Crippen molar-refractivity contribution in [2.75, 3.05) is 6.61 Å². The molecule has 0 fully saturated rings. The van der Waals surface area contributed by atoms with Gasteiger partial charge in [0.2, 0.25) is 0 Å². The molecule has 1 aromatic carbocycles. The summed E-state index contributed by atoms with van der Waals surface area (Å²) >= 11 is 0. The van der Waals surface area contributed by atoms with Gasteiger partial charge in [-0.25, -0.2) is 0 Å². The molecule has 0 spiro atoms. The van der Waals surface area contributed by atoms with Crippen LogP contribution in [0.1, 0.15) is 17.5 Å². The van der Waals surface area contributed by atoms with Crippen LogP contribution in [0.4, 0.5) is 0 Å². The van der Waals surface area contributed by atoms with Gasteiger partial charge >= 0.3 is 5.97 Å². The Bertz CT molecular complexity index is 342. The highest BCUT2D eigenvalue weighted by Crippen LogP contribution is 2.06. The second-order valence-electron chi connectivity index (χ2n) is 3.46. The van der Waals surface area contributed by atoms with E-state index in [4.69, 9.17) is 4.74 Å². The largest absolute Gasteiger partial charge is 0.461 e. The Balaban J connectivity index is 2.36. The Morgan fingerprint density at radius 2 is 2.33 bits per heavy atom. The molecule has 1 aromatic rings. The zero-order chi connectivity index (χ0) is 11.1. The number of hydrogen-bond donors (Lipinski definition) is 0. The van der Waals surface area contributed by atoms with Gasteiger partial charge in [-0.05, 0) is 18.9 Å². The van der Waals surface area contributed by atoms with Crippen LogP contribution in [0.5, 0.6) is 0 Å². The summed E-state index contributed by atoms with van der Waals surface area (Å²) in [6.45, 7) is 5.82. The monoisotopic (exact) mass is 204 g/mol. The molecular weight excluding hydrogens is 188 g/mol. The minimum atomic E-state index is -0.170. The molecule has 1 rings (SSSR count). The van der Waals surface area contributed by atoms with E-state index in [1.54, 1.807) is 6.08 Å². The van der Waals surface area contributed by atoms with E-state index in [1.807, 2.05) is 25.1 Å². The third kappa shape index (κ3) is 4.45. The van der Waals surface area contributed by atoms with E-state index in [1.165, 1.54) is 11.1 Å². The summed E-state index contributed by atoms with van der Waals surface area (Å²) in [5.74, 6) is -0.170. The Morgan fingerprint density at radius 1 is 1.53 bits per heavy atom. The molecule has 0 aromatic heterocycles. The van der Waals surface area contributed by atoms with Gasteiger partial charge in [0.1, 0.15) is 6.61 Å². The van der Waals surface area contributed by atoms with Crippen LogP contribution in [0.15, 0.2) is 36.9 Å². The highest BCUT2D eigenvalue weighted by atomic mass is 16.5. The minimum absolute atomic E-state index is 0.170. The summed E-state index contributed by atoms with van der Waals surface area (Å²) in [7, 11) is 0. The van der Waals surface area contributed by atoms with Crippen LogP contribution in [-0.2, 0) is 16.0 Å². The van der Waals surface area contributed by atoms with E-state index < -0.39 is 0 Å². The lowest BCUT2D eigenvalue weighted by Gasteiger charge is -2.03. The lowest BCUT2D eigenvalue weighted by molar-refractivity contribution is -0.142. The summed E-state index contributed by atoms with van der Waals surface area (Å²) < 4.78 is 4.89. The molecule has 15 heavy (non-hydrogen) atoms. The maximum absolute atomic E-state index is 11.2. The highest BCUT2D eigenvalue weighted by molar-refractivity contribution is 5.69. The van der Waals surface area contributed by atoms with Crippen molar-refractivity contribution in [2.24, 2.45) is 0 Å². The van der Waals surface area contributed by atoms with E-state index in [2.05, 4.69) is 12.6 Å². The first-order chi connectivity index (χ1) is 7.22. The van der Waals surface area contributed by atoms with E-state index in [0.29, 0.717) is 13.0 Å². The van der Waals surface area contributed by atoms with Gasteiger partial charge in [-0.3, -0.25) is 4.79 Å². The third-order valence-corrected chi connectivity index (χ3v) is 2.06. The SMILES string of the molecule is C=CCOC(=O)CCc1cccc(C)c1. The molecule has 0 atom stereocenters. The molecule has 80 valence electrons. The van der Waals surface area contributed by atoms with Crippen molar-refractivity contribution in [1.29, 1.82) is 0 Å². The van der Waals surface area contributed by atoms with E-state index in [9.17, 15) is 4.79 Å². The van der Waals surface area contributed by atoms with Crippen molar-refractivity contribution in [3.63, 3.8) is 0 Å². The van der Waals surface area contributed by atoms with Crippen molar-refractivity contribution in [3.05, 3.63) is 48.0 Å². The van der Waals surface area contributed by atoms with Gasteiger partial charge in [-0.1, -0.05) is 42.5 Å². The quantitative estimate of drug-likeness (QED) is 0.544. The second-order valence-corrected chi connectivity index (χ2v) is 3.46. The molecule has 0 saturated carbocycles. The van der Waals surface area contributed by atoms with E-state index in [-0.39, 0.29) is 5.97 Å². The number of esters is 1. The first kappa shape index (κ1) is 11.5. The van der Waals surface area contributed by atoms with Gasteiger partial charge in [0.15, 0.2) is 0 Å². The summed E-state index contributed by atoms with van der Waals surface area (Å²) in [6, 6.07) is 8.15. The van der Waals surface area contributed by atoms with Gasteiger partial charge in [-0.15, -0.1) is 0 Å². The minimum Gasteiger partial charge on any atom is -0.461 e. The maximum atomic E-state index is 11.2. The predicted octanol–water partition coefficient (Wildman–Crippen LogP) is 2.66. The highest BCUT2D eigenvalue weighted by Gasteiger charge is 2.02. The lowest BCUT2D eigenvalue weighted by atomic mass is 10.1. The zero-order valence-corrected chi connectivity index (χ0v) is 9.03. The number of aryl methyl sites for hydroxylation is 2. The summed E-state index contributed by atoms with van der Waals surface area (Å²) in [5, 5.41) is 0. The van der Waals surface area contributed by atoms with Gasteiger partial charge in [0.25, 0.3) is 0 Å². The summed E-state index contributed by atoms with van der Waals surface area (Å²) in [5.41, 5.74) is 2.39. The molecule has 0 aliphatic heterocycles. The summed E-state index contributed by atoms with van der Waals surface area (Å²) in [4.78, 5) is 11.2. The third-order valence-electron chi connectivity index (χ3n) is 2.06. The van der Waals surface area contributed by atoms with Gasteiger partial charge in [-0.2, -0.15) is 0 Å². The van der Waals surface area contributed by atoms with E-state index in [0.717, 1.165) is 6.42 Å². The number of hydrogen-bond acceptors (Lipinski definition) is 2. The van der Waals surface area contributed by atoms with Crippen LogP contribution in [0, 0.1) is 6.92 Å². The Morgan fingerprint density at radius 3 is 3.00 bits per heavy atom. The number of carbonyl (C=O) groups excluding carboxylic acids is 1. The predicted molar refractivity (Wildman–Crippen MR) is 60.7 cm³/mol. The number of carbonyl (C=O) groups is 1. The van der Waals surface area contributed by atoms with Crippen molar-refractivity contribution in [1.82, 2.24) is 0 Å². The van der Waals surface area contributed by atoms with Gasteiger partial charge < -0.3 is 4.74 Å². The maximum Gasteiger partial charge on any atom is 0.306 e. The standard InChI is InChI=1S/C13H16O2/c1-3-9-15-13(14)8-7-12-6-4-5-11(2)10-12/h3-6,10H,1,7-9H2,2H3. The average Bonchev–Trinajstić information content (AvgIpc) is 2.23. The molecular formula is C13H16O2. The smallest absolute Gasteiger partial charge is 0.306 e. The Kier molecular flexibility index (Phi) is 4.61. The van der Waals surface area contributed by atoms with Crippen LogP contribution < -0.4 is 0 Å². The lowest BCUT2D eigenvalue weighted by Crippen LogP contribution is -2.05. The zero-order valence-electron chi connectivity index (χ0n) is 9.03. The number of ether oxygens (including phenoxy) is 1. The number of rotatable bonds is 5. The first-order valence-corrected chi connectivity index (χ1v) is 5.04.